The molecule has 2 heterocycles. The number of piperazine rings is 1. The van der Waals surface area contributed by atoms with Gasteiger partial charge in [-0.3, -0.25) is 9.69 Å². The van der Waals surface area contributed by atoms with E-state index in [1.165, 1.54) is 0 Å². The highest BCUT2D eigenvalue weighted by atomic mass is 16.5. The smallest absolute Gasteiger partial charge is 0.319 e. The molecule has 0 spiro atoms. The maximum Gasteiger partial charge on any atom is 0.319 e. The number of benzene rings is 1. The number of amides is 3. The third kappa shape index (κ3) is 5.23. The number of carbonyl (C=O) groups excluding carboxylic acids is 2. The summed E-state index contributed by atoms with van der Waals surface area (Å²) in [5.41, 5.74) is 1.05. The molecule has 1 saturated heterocycles. The van der Waals surface area contributed by atoms with Gasteiger partial charge in [-0.05, 0) is 31.2 Å². The van der Waals surface area contributed by atoms with Crippen LogP contribution in [0.15, 0.2) is 34.9 Å². The van der Waals surface area contributed by atoms with Crippen molar-refractivity contribution in [3.63, 3.8) is 0 Å². The van der Waals surface area contributed by atoms with Gasteiger partial charge in [0.05, 0.1) is 7.11 Å². The van der Waals surface area contributed by atoms with Crippen LogP contribution >= 0.6 is 0 Å². The fraction of sp³-hybridized carbons (Fsp3) is 0.421. The number of carbonyl (C=O) groups is 2. The summed E-state index contributed by atoms with van der Waals surface area (Å²) in [6.07, 6.45) is 0. The van der Waals surface area contributed by atoms with Gasteiger partial charge in [0.15, 0.2) is 5.69 Å². The lowest BCUT2D eigenvalue weighted by molar-refractivity contribution is 0.0629. The Kier molecular flexibility index (Phi) is 6.49. The minimum atomic E-state index is -0.250. The van der Waals surface area contributed by atoms with Crippen molar-refractivity contribution in [1.82, 2.24) is 20.3 Å². The molecule has 0 atom stereocenters. The third-order valence-electron chi connectivity index (χ3n) is 4.57. The Morgan fingerprint density at radius 1 is 1.18 bits per heavy atom. The van der Waals surface area contributed by atoms with Crippen molar-refractivity contribution in [2.45, 2.75) is 6.92 Å². The summed E-state index contributed by atoms with van der Waals surface area (Å²) in [6, 6.07) is 8.55. The van der Waals surface area contributed by atoms with Crippen molar-refractivity contribution in [2.24, 2.45) is 0 Å². The molecule has 0 bridgehead atoms. The standard InChI is InChI=1S/C19H25N5O4/c1-14-13-17(22-28-14)18(25)24-11-9-23(10-12-24)8-7-20-19(26)21-15-3-5-16(27-2)6-4-15/h3-6,13H,7-12H2,1-2H3,(H2,20,21,26). The fourth-order valence-corrected chi connectivity index (χ4v) is 2.98. The Labute approximate surface area is 163 Å². The van der Waals surface area contributed by atoms with E-state index in [9.17, 15) is 9.59 Å². The monoisotopic (exact) mass is 387 g/mol. The predicted octanol–water partition coefficient (Wildman–Crippen LogP) is 1.57. The first-order chi connectivity index (χ1) is 13.5. The van der Waals surface area contributed by atoms with Crippen molar-refractivity contribution in [3.8, 4) is 5.75 Å². The molecule has 0 unspecified atom stereocenters. The highest BCUT2D eigenvalue weighted by Gasteiger charge is 2.24. The zero-order valence-corrected chi connectivity index (χ0v) is 16.1. The number of nitrogens with zero attached hydrogens (tertiary/aromatic N) is 3. The second-order valence-electron chi connectivity index (χ2n) is 6.57. The Balaban J connectivity index is 1.34. The number of ether oxygens (including phenoxy) is 1. The highest BCUT2D eigenvalue weighted by Crippen LogP contribution is 2.14. The molecule has 1 aliphatic rings. The maximum atomic E-state index is 12.3. The first-order valence-corrected chi connectivity index (χ1v) is 9.19. The van der Waals surface area contributed by atoms with Crippen molar-refractivity contribution in [3.05, 3.63) is 41.8 Å². The number of anilines is 1. The Morgan fingerprint density at radius 2 is 1.89 bits per heavy atom. The molecule has 3 amide bonds. The number of aryl methyl sites for hydroxylation is 1. The minimum absolute atomic E-state index is 0.103. The van der Waals surface area contributed by atoms with Crippen LogP contribution in [0.1, 0.15) is 16.2 Å². The van der Waals surface area contributed by atoms with E-state index in [-0.39, 0.29) is 11.9 Å². The molecule has 9 nitrogen and oxygen atoms in total. The van der Waals surface area contributed by atoms with Crippen LogP contribution in [0, 0.1) is 6.92 Å². The first kappa shape index (κ1) is 19.7. The summed E-state index contributed by atoms with van der Waals surface area (Å²) in [7, 11) is 1.60. The second-order valence-corrected chi connectivity index (χ2v) is 6.57. The topological polar surface area (TPSA) is 99.9 Å². The average molecular weight is 387 g/mol. The molecule has 1 aliphatic heterocycles. The van der Waals surface area contributed by atoms with Crippen LogP contribution in [0.25, 0.3) is 0 Å². The minimum Gasteiger partial charge on any atom is -0.497 e. The SMILES string of the molecule is COc1ccc(NC(=O)NCCN2CCN(C(=O)c3cc(C)on3)CC2)cc1. The van der Waals surface area contributed by atoms with Crippen LogP contribution in [0.4, 0.5) is 10.5 Å². The molecular weight excluding hydrogens is 362 g/mol. The number of rotatable bonds is 6. The third-order valence-corrected chi connectivity index (χ3v) is 4.57. The summed E-state index contributed by atoms with van der Waals surface area (Å²) in [6.45, 7) is 5.78. The number of methoxy groups -OCH3 is 1. The van der Waals surface area contributed by atoms with Crippen molar-refractivity contribution < 1.29 is 18.8 Å². The lowest BCUT2D eigenvalue weighted by Crippen LogP contribution is -2.50. The zero-order chi connectivity index (χ0) is 19.9. The quantitative estimate of drug-likeness (QED) is 0.781. The molecule has 1 fully saturated rings. The van der Waals surface area contributed by atoms with Crippen molar-refractivity contribution >= 4 is 17.6 Å². The molecule has 0 saturated carbocycles. The van der Waals surface area contributed by atoms with Gasteiger partial charge in [-0.2, -0.15) is 0 Å². The molecule has 28 heavy (non-hydrogen) atoms. The summed E-state index contributed by atoms with van der Waals surface area (Å²) < 4.78 is 10.1. The Morgan fingerprint density at radius 3 is 2.50 bits per heavy atom. The van der Waals surface area contributed by atoms with Gasteiger partial charge in [0, 0.05) is 51.0 Å². The van der Waals surface area contributed by atoms with Gasteiger partial charge in [0.2, 0.25) is 0 Å². The van der Waals surface area contributed by atoms with E-state index >= 15 is 0 Å². The van der Waals surface area contributed by atoms with E-state index in [0.29, 0.717) is 36.8 Å². The number of nitrogens with one attached hydrogen (secondary N) is 2. The Hall–Kier alpha value is -3.07. The van der Waals surface area contributed by atoms with E-state index < -0.39 is 0 Å². The molecule has 150 valence electrons. The van der Waals surface area contributed by atoms with Crippen LogP contribution in [-0.2, 0) is 0 Å². The summed E-state index contributed by atoms with van der Waals surface area (Å²) in [5, 5.41) is 9.41. The second kappa shape index (κ2) is 9.23. The van der Waals surface area contributed by atoms with Gasteiger partial charge >= 0.3 is 6.03 Å². The summed E-state index contributed by atoms with van der Waals surface area (Å²) in [5.74, 6) is 1.26. The Bertz CT molecular complexity index is 797. The van der Waals surface area contributed by atoms with Crippen LogP contribution in [0.2, 0.25) is 0 Å². The first-order valence-electron chi connectivity index (χ1n) is 9.19. The number of urea groups is 1. The fourth-order valence-electron chi connectivity index (χ4n) is 2.98. The van der Waals surface area contributed by atoms with E-state index in [1.807, 2.05) is 0 Å². The lowest BCUT2D eigenvalue weighted by Gasteiger charge is -2.34. The number of aromatic nitrogens is 1. The molecule has 9 heteroatoms. The van der Waals surface area contributed by atoms with Gasteiger partial charge in [-0.25, -0.2) is 4.79 Å². The van der Waals surface area contributed by atoms with Gasteiger partial charge in [-0.15, -0.1) is 0 Å². The molecule has 2 aromatic rings. The van der Waals surface area contributed by atoms with Gasteiger partial charge < -0.3 is 24.8 Å². The number of hydrogen-bond acceptors (Lipinski definition) is 6. The van der Waals surface area contributed by atoms with Crippen LogP contribution in [0.5, 0.6) is 5.75 Å². The van der Waals surface area contributed by atoms with Crippen molar-refractivity contribution in [1.29, 1.82) is 0 Å². The van der Waals surface area contributed by atoms with Crippen LogP contribution in [-0.4, -0.2) is 73.3 Å². The summed E-state index contributed by atoms with van der Waals surface area (Å²) in [4.78, 5) is 28.3. The van der Waals surface area contributed by atoms with E-state index in [0.717, 1.165) is 25.4 Å². The van der Waals surface area contributed by atoms with Gasteiger partial charge in [0.1, 0.15) is 11.5 Å². The zero-order valence-electron chi connectivity index (χ0n) is 16.1. The predicted molar refractivity (Wildman–Crippen MR) is 104 cm³/mol. The van der Waals surface area contributed by atoms with E-state index in [4.69, 9.17) is 9.26 Å². The molecule has 1 aromatic carbocycles. The molecule has 3 rings (SSSR count). The highest BCUT2D eigenvalue weighted by molar-refractivity contribution is 5.92. The number of hydrogen-bond donors (Lipinski definition) is 2. The molecule has 0 aliphatic carbocycles. The molecule has 1 aromatic heterocycles. The summed E-state index contributed by atoms with van der Waals surface area (Å²) >= 11 is 0. The largest absolute Gasteiger partial charge is 0.497 e. The van der Waals surface area contributed by atoms with E-state index in [2.05, 4.69) is 20.7 Å². The van der Waals surface area contributed by atoms with Crippen LogP contribution in [0.3, 0.4) is 0 Å². The van der Waals surface area contributed by atoms with Gasteiger partial charge in [0.25, 0.3) is 5.91 Å². The van der Waals surface area contributed by atoms with E-state index in [1.54, 1.807) is 49.3 Å². The van der Waals surface area contributed by atoms with Gasteiger partial charge in [-0.1, -0.05) is 5.16 Å². The van der Waals surface area contributed by atoms with Crippen molar-refractivity contribution in [2.75, 3.05) is 51.7 Å². The maximum absolute atomic E-state index is 12.3. The van der Waals surface area contributed by atoms with Crippen LogP contribution < -0.4 is 15.4 Å². The normalized spacial score (nSPS) is 14.6. The molecule has 2 N–H and O–H groups in total. The average Bonchev–Trinajstić information content (AvgIpc) is 3.15. The molecular formula is C19H25N5O4. The molecule has 0 radical (unpaired) electrons. The lowest BCUT2D eigenvalue weighted by atomic mass is 10.2.